The SMILES string of the molecule is CC1OC(CO)C(O)C(O)C1Nc1ccc2c(C=O)cc(=O)oc2c1. The molecule has 0 saturated carbocycles. The summed E-state index contributed by atoms with van der Waals surface area (Å²) in [6.45, 7) is 1.31. The fourth-order valence-corrected chi connectivity index (χ4v) is 3.07. The summed E-state index contributed by atoms with van der Waals surface area (Å²) in [6, 6.07) is 5.30. The van der Waals surface area contributed by atoms with Gasteiger partial charge in [-0.1, -0.05) is 0 Å². The molecule has 1 saturated heterocycles. The molecule has 0 amide bonds. The Bertz CT molecular complexity index is 833. The fourth-order valence-electron chi connectivity index (χ4n) is 3.07. The van der Waals surface area contributed by atoms with Gasteiger partial charge in [-0.3, -0.25) is 4.79 Å². The average molecular weight is 349 g/mol. The van der Waals surface area contributed by atoms with E-state index in [0.29, 0.717) is 17.4 Å². The Labute approximate surface area is 142 Å². The van der Waals surface area contributed by atoms with Crippen molar-refractivity contribution in [2.45, 2.75) is 37.4 Å². The normalized spacial score (nSPS) is 29.5. The zero-order valence-electron chi connectivity index (χ0n) is 13.5. The van der Waals surface area contributed by atoms with Crippen molar-refractivity contribution in [3.63, 3.8) is 0 Å². The van der Waals surface area contributed by atoms with E-state index < -0.39 is 42.7 Å². The van der Waals surface area contributed by atoms with Crippen LogP contribution in [0.5, 0.6) is 0 Å². The number of hydrogen-bond donors (Lipinski definition) is 4. The predicted octanol–water partition coefficient (Wildman–Crippen LogP) is -0.113. The van der Waals surface area contributed by atoms with Crippen molar-refractivity contribution in [3.05, 3.63) is 40.2 Å². The molecule has 0 radical (unpaired) electrons. The van der Waals surface area contributed by atoms with E-state index >= 15 is 0 Å². The number of rotatable bonds is 4. The van der Waals surface area contributed by atoms with Crippen LogP contribution in [0.2, 0.25) is 0 Å². The number of aliphatic hydroxyl groups is 3. The van der Waals surface area contributed by atoms with Crippen molar-refractivity contribution in [3.8, 4) is 0 Å². The Hall–Kier alpha value is -2.26. The number of aliphatic hydroxyl groups excluding tert-OH is 3. The molecule has 0 aliphatic carbocycles. The summed E-state index contributed by atoms with van der Waals surface area (Å²) >= 11 is 0. The van der Waals surface area contributed by atoms with E-state index in [2.05, 4.69) is 5.32 Å². The quantitative estimate of drug-likeness (QED) is 0.444. The molecular weight excluding hydrogens is 330 g/mol. The summed E-state index contributed by atoms with van der Waals surface area (Å²) in [5, 5.41) is 33.0. The van der Waals surface area contributed by atoms with Crippen molar-refractivity contribution in [1.82, 2.24) is 0 Å². The van der Waals surface area contributed by atoms with Crippen LogP contribution in [0.25, 0.3) is 11.0 Å². The standard InChI is InChI=1S/C17H19NO7/c1-8-15(17(23)16(22)13(7-20)24-8)18-10-2-3-11-9(6-19)4-14(21)25-12(11)5-10/h2-6,8,13,15-18,20,22-23H,7H2,1H3. The Morgan fingerprint density at radius 3 is 2.68 bits per heavy atom. The second-order valence-electron chi connectivity index (χ2n) is 6.06. The van der Waals surface area contributed by atoms with Gasteiger partial charge in [0.05, 0.1) is 18.8 Å². The maximum atomic E-state index is 11.5. The van der Waals surface area contributed by atoms with Gasteiger partial charge < -0.3 is 29.8 Å². The van der Waals surface area contributed by atoms with E-state index in [1.54, 1.807) is 19.1 Å². The summed E-state index contributed by atoms with van der Waals surface area (Å²) < 4.78 is 10.6. The minimum Gasteiger partial charge on any atom is -0.423 e. The fraction of sp³-hybridized carbons (Fsp3) is 0.412. The van der Waals surface area contributed by atoms with E-state index in [4.69, 9.17) is 9.15 Å². The van der Waals surface area contributed by atoms with E-state index in [1.165, 1.54) is 6.07 Å². The van der Waals surface area contributed by atoms with Crippen molar-refractivity contribution in [2.24, 2.45) is 0 Å². The highest BCUT2D eigenvalue weighted by atomic mass is 16.5. The number of benzene rings is 1. The van der Waals surface area contributed by atoms with Gasteiger partial charge in [-0.2, -0.15) is 0 Å². The molecule has 0 bridgehead atoms. The lowest BCUT2D eigenvalue weighted by Gasteiger charge is -2.41. The first-order chi connectivity index (χ1) is 11.9. The monoisotopic (exact) mass is 349 g/mol. The van der Waals surface area contributed by atoms with Crippen LogP contribution in [0.1, 0.15) is 17.3 Å². The smallest absolute Gasteiger partial charge is 0.336 e. The molecule has 8 nitrogen and oxygen atoms in total. The summed E-state index contributed by atoms with van der Waals surface area (Å²) in [7, 11) is 0. The third-order valence-electron chi connectivity index (χ3n) is 4.41. The van der Waals surface area contributed by atoms with E-state index in [1.807, 2.05) is 0 Å². The third kappa shape index (κ3) is 3.29. The molecule has 3 rings (SSSR count). The zero-order chi connectivity index (χ0) is 18.1. The number of ether oxygens (including phenoxy) is 1. The van der Waals surface area contributed by atoms with Gasteiger partial charge >= 0.3 is 5.63 Å². The van der Waals surface area contributed by atoms with Crippen molar-refractivity contribution < 1.29 is 29.3 Å². The molecule has 2 heterocycles. The summed E-state index contributed by atoms with van der Waals surface area (Å²) in [6.07, 6.45) is -3.16. The van der Waals surface area contributed by atoms with Crippen molar-refractivity contribution >= 4 is 22.9 Å². The van der Waals surface area contributed by atoms with Crippen LogP contribution in [-0.4, -0.2) is 58.7 Å². The average Bonchev–Trinajstić information content (AvgIpc) is 2.60. The second kappa shape index (κ2) is 6.93. The van der Waals surface area contributed by atoms with Crippen LogP contribution in [0.15, 0.2) is 33.5 Å². The van der Waals surface area contributed by atoms with Gasteiger partial charge in [0, 0.05) is 28.8 Å². The summed E-state index contributed by atoms with van der Waals surface area (Å²) in [5.41, 5.74) is 0.343. The Balaban J connectivity index is 1.90. The first-order valence-electron chi connectivity index (χ1n) is 7.86. The second-order valence-corrected chi connectivity index (χ2v) is 6.06. The largest absolute Gasteiger partial charge is 0.423 e. The molecule has 134 valence electrons. The maximum Gasteiger partial charge on any atom is 0.336 e. The van der Waals surface area contributed by atoms with Gasteiger partial charge in [-0.05, 0) is 19.1 Å². The van der Waals surface area contributed by atoms with Gasteiger partial charge in [0.1, 0.15) is 23.9 Å². The molecule has 1 aliphatic heterocycles. The van der Waals surface area contributed by atoms with Crippen molar-refractivity contribution in [1.29, 1.82) is 0 Å². The predicted molar refractivity (Wildman–Crippen MR) is 88.7 cm³/mol. The minimum absolute atomic E-state index is 0.229. The van der Waals surface area contributed by atoms with Gasteiger partial charge in [0.25, 0.3) is 0 Å². The lowest BCUT2D eigenvalue weighted by Crippen LogP contribution is -2.60. The Morgan fingerprint density at radius 2 is 2.00 bits per heavy atom. The molecule has 1 fully saturated rings. The molecule has 2 aromatic rings. The zero-order valence-corrected chi connectivity index (χ0v) is 13.5. The Morgan fingerprint density at radius 1 is 1.24 bits per heavy atom. The van der Waals surface area contributed by atoms with E-state index in [0.717, 1.165) is 6.07 Å². The molecule has 0 spiro atoms. The third-order valence-corrected chi connectivity index (χ3v) is 4.41. The molecule has 1 aromatic heterocycles. The van der Waals surface area contributed by atoms with Crippen LogP contribution >= 0.6 is 0 Å². The maximum absolute atomic E-state index is 11.5. The molecule has 1 aromatic carbocycles. The highest BCUT2D eigenvalue weighted by molar-refractivity contribution is 5.96. The molecule has 5 unspecified atom stereocenters. The highest BCUT2D eigenvalue weighted by Crippen LogP contribution is 2.26. The number of nitrogens with one attached hydrogen (secondary N) is 1. The molecule has 1 aliphatic rings. The number of fused-ring (bicyclic) bond motifs is 1. The van der Waals surface area contributed by atoms with Crippen LogP contribution in [0.3, 0.4) is 0 Å². The first-order valence-corrected chi connectivity index (χ1v) is 7.86. The van der Waals surface area contributed by atoms with Crippen LogP contribution in [-0.2, 0) is 4.74 Å². The van der Waals surface area contributed by atoms with Gasteiger partial charge in [0.2, 0.25) is 0 Å². The van der Waals surface area contributed by atoms with Crippen LogP contribution in [0, 0.1) is 0 Å². The number of hydrogen-bond acceptors (Lipinski definition) is 8. The first kappa shape index (κ1) is 17.6. The molecule has 4 N–H and O–H groups in total. The van der Waals surface area contributed by atoms with E-state index in [-0.39, 0.29) is 11.1 Å². The molecular formula is C17H19NO7. The molecule has 5 atom stereocenters. The van der Waals surface area contributed by atoms with Gasteiger partial charge in [-0.25, -0.2) is 4.79 Å². The summed E-state index contributed by atoms with van der Waals surface area (Å²) in [4.78, 5) is 22.6. The summed E-state index contributed by atoms with van der Waals surface area (Å²) in [5.74, 6) is 0. The number of anilines is 1. The Kier molecular flexibility index (Phi) is 4.87. The molecule has 8 heteroatoms. The lowest BCUT2D eigenvalue weighted by atomic mass is 9.93. The lowest BCUT2D eigenvalue weighted by molar-refractivity contribution is -0.180. The molecule has 25 heavy (non-hydrogen) atoms. The number of carbonyl (C=O) groups excluding carboxylic acids is 1. The number of aldehydes is 1. The van der Waals surface area contributed by atoms with Gasteiger partial charge in [0.15, 0.2) is 6.29 Å². The van der Waals surface area contributed by atoms with Gasteiger partial charge in [-0.15, -0.1) is 0 Å². The van der Waals surface area contributed by atoms with Crippen molar-refractivity contribution in [2.75, 3.05) is 11.9 Å². The van der Waals surface area contributed by atoms with E-state index in [9.17, 15) is 24.9 Å². The van der Waals surface area contributed by atoms with Crippen LogP contribution in [0.4, 0.5) is 5.69 Å². The minimum atomic E-state index is -1.24. The van der Waals surface area contributed by atoms with Crippen LogP contribution < -0.4 is 10.9 Å². The topological polar surface area (TPSA) is 129 Å². The number of carbonyl (C=O) groups is 1. The highest BCUT2D eigenvalue weighted by Gasteiger charge is 2.42.